The van der Waals surface area contributed by atoms with E-state index in [2.05, 4.69) is 43.2 Å². The quantitative estimate of drug-likeness (QED) is 0.516. The maximum Gasteiger partial charge on any atom is 0.421 e. The van der Waals surface area contributed by atoms with E-state index < -0.39 is 11.7 Å². The molecule has 2 fully saturated rings. The Morgan fingerprint density at radius 1 is 1.14 bits per heavy atom. The number of primary amides is 1. The molecular weight excluding hydrogens is 487 g/mol. The summed E-state index contributed by atoms with van der Waals surface area (Å²) in [7, 11) is 3.67. The summed E-state index contributed by atoms with van der Waals surface area (Å²) < 4.78 is 46.2. The number of amides is 1. The number of nitrogens with two attached hydrogens (primary N) is 1. The Bertz CT molecular complexity index is 1030. The highest BCUT2D eigenvalue weighted by Crippen LogP contribution is 2.36. The van der Waals surface area contributed by atoms with Gasteiger partial charge in [0.2, 0.25) is 11.9 Å². The van der Waals surface area contributed by atoms with Gasteiger partial charge in [-0.05, 0) is 32.0 Å². The third-order valence-electron chi connectivity index (χ3n) is 6.34. The van der Waals surface area contributed by atoms with Gasteiger partial charge in [-0.2, -0.15) is 18.2 Å². The molecule has 4 N–H and O–H groups in total. The van der Waals surface area contributed by atoms with Crippen molar-refractivity contribution in [3.8, 4) is 5.75 Å². The lowest BCUT2D eigenvalue weighted by Crippen LogP contribution is -2.44. The van der Waals surface area contributed by atoms with Crippen molar-refractivity contribution in [3.05, 3.63) is 30.0 Å². The first kappa shape index (κ1) is 28.3. The molecule has 0 spiro atoms. The number of methoxy groups -OCH3 is 1. The van der Waals surface area contributed by atoms with Gasteiger partial charge < -0.3 is 30.9 Å². The third-order valence-corrected chi connectivity index (χ3v) is 6.34. The number of halogens is 3. The number of carbonyl (C=O) groups excluding carboxylic acids is 1. The van der Waals surface area contributed by atoms with Crippen molar-refractivity contribution in [3.63, 3.8) is 0 Å². The van der Waals surface area contributed by atoms with Crippen LogP contribution < -0.4 is 26.0 Å². The summed E-state index contributed by atoms with van der Waals surface area (Å²) in [5.41, 5.74) is 5.26. The fourth-order valence-corrected chi connectivity index (χ4v) is 4.36. The molecule has 1 aromatic carbocycles. The van der Waals surface area contributed by atoms with E-state index in [0.717, 1.165) is 70.2 Å². The average Bonchev–Trinajstić information content (AvgIpc) is 2.84. The second kappa shape index (κ2) is 12.8. The Labute approximate surface area is 215 Å². The van der Waals surface area contributed by atoms with E-state index >= 15 is 0 Å². The monoisotopic (exact) mass is 523 g/mol. The maximum absolute atomic E-state index is 13.6. The molecule has 37 heavy (non-hydrogen) atoms. The van der Waals surface area contributed by atoms with E-state index in [1.807, 2.05) is 18.2 Å². The molecule has 1 saturated heterocycles. The Morgan fingerprint density at radius 3 is 2.38 bits per heavy atom. The minimum absolute atomic E-state index is 0.0139. The Hall–Kier alpha value is -3.28. The number of hydrogen-bond donors (Lipinski definition) is 3. The van der Waals surface area contributed by atoms with Crippen LogP contribution in [0.3, 0.4) is 0 Å². The first-order valence-corrected chi connectivity index (χ1v) is 12.4. The van der Waals surface area contributed by atoms with Crippen LogP contribution in [-0.2, 0) is 11.0 Å². The second-order valence-corrected chi connectivity index (χ2v) is 9.34. The van der Waals surface area contributed by atoms with Crippen LogP contribution in [0.5, 0.6) is 5.75 Å². The predicted molar refractivity (Wildman–Crippen MR) is 138 cm³/mol. The highest BCUT2D eigenvalue weighted by Gasteiger charge is 2.36. The van der Waals surface area contributed by atoms with Crippen molar-refractivity contribution < 1.29 is 22.7 Å². The molecule has 1 aliphatic heterocycles. The zero-order valence-electron chi connectivity index (χ0n) is 21.6. The molecule has 12 heteroatoms. The molecule has 2 aliphatic rings. The van der Waals surface area contributed by atoms with Crippen molar-refractivity contribution in [2.45, 2.75) is 51.2 Å². The normalized spacial score (nSPS) is 17.0. The van der Waals surface area contributed by atoms with E-state index in [0.29, 0.717) is 11.4 Å². The summed E-state index contributed by atoms with van der Waals surface area (Å²) in [6.45, 7) is 5.12. The van der Waals surface area contributed by atoms with Crippen molar-refractivity contribution in [1.29, 1.82) is 0 Å². The zero-order chi connectivity index (χ0) is 27.0. The van der Waals surface area contributed by atoms with Gasteiger partial charge in [-0.15, -0.1) is 0 Å². The third kappa shape index (κ3) is 8.38. The average molecular weight is 524 g/mol. The van der Waals surface area contributed by atoms with Crippen LogP contribution >= 0.6 is 0 Å². The number of benzene rings is 1. The number of anilines is 4. The number of hydrogen-bond acceptors (Lipinski definition) is 8. The number of ether oxygens (including phenoxy) is 1. The summed E-state index contributed by atoms with van der Waals surface area (Å²) in [6, 6.07) is 5.74. The van der Waals surface area contributed by atoms with Crippen LogP contribution in [0.15, 0.2) is 24.4 Å². The Kier molecular flexibility index (Phi) is 9.79. The zero-order valence-corrected chi connectivity index (χ0v) is 21.6. The van der Waals surface area contributed by atoms with Crippen LogP contribution in [0.2, 0.25) is 0 Å². The Morgan fingerprint density at radius 2 is 1.78 bits per heavy atom. The number of likely N-dealkylation sites (N-methyl/N-ethyl adjacent to an activating group) is 1. The van der Waals surface area contributed by atoms with Gasteiger partial charge in [0.25, 0.3) is 0 Å². The van der Waals surface area contributed by atoms with Crippen LogP contribution in [0, 0.1) is 0 Å². The molecule has 204 valence electrons. The van der Waals surface area contributed by atoms with Crippen molar-refractivity contribution in [2.75, 3.05) is 55.9 Å². The van der Waals surface area contributed by atoms with Gasteiger partial charge in [-0.1, -0.05) is 19.3 Å². The molecular formula is C25H36F3N7O2. The van der Waals surface area contributed by atoms with Gasteiger partial charge in [-0.3, -0.25) is 4.79 Å². The van der Waals surface area contributed by atoms with Gasteiger partial charge in [0, 0.05) is 57.1 Å². The molecule has 2 heterocycles. The summed E-state index contributed by atoms with van der Waals surface area (Å²) in [6.07, 6.45) is 1.11. The fourth-order valence-electron chi connectivity index (χ4n) is 4.36. The van der Waals surface area contributed by atoms with Gasteiger partial charge in [0.15, 0.2) is 0 Å². The van der Waals surface area contributed by atoms with E-state index in [4.69, 9.17) is 4.74 Å². The van der Waals surface area contributed by atoms with E-state index in [-0.39, 0.29) is 23.7 Å². The topological polar surface area (TPSA) is 109 Å². The van der Waals surface area contributed by atoms with Crippen molar-refractivity contribution in [1.82, 2.24) is 14.9 Å². The first-order valence-electron chi connectivity index (χ1n) is 12.4. The number of nitrogens with one attached hydrogen (secondary N) is 2. The fraction of sp³-hybridized carbons (Fsp3) is 0.560. The standard InChI is InChI=1S/C23H31F3N6O.C2H5NO/c1-31-10-12-32(13-11-31)17-8-9-19(20(14-17)33-2)29-22-27-15-18(23(24,25)26)21(30-22)28-16-6-4-3-5-7-16;1-2(3)4/h8-9,14-16H,3-7,10-13H2,1-2H3,(H2,27,28,29,30);1H3,(H2,3,4). The number of piperazine rings is 1. The van der Waals surface area contributed by atoms with Crippen molar-refractivity contribution >= 4 is 29.0 Å². The number of alkyl halides is 3. The highest BCUT2D eigenvalue weighted by atomic mass is 19.4. The highest BCUT2D eigenvalue weighted by molar-refractivity contribution is 5.70. The summed E-state index contributed by atoms with van der Waals surface area (Å²) in [5.74, 6) is 0.156. The van der Waals surface area contributed by atoms with Crippen LogP contribution in [0.4, 0.5) is 36.3 Å². The largest absolute Gasteiger partial charge is 0.494 e. The van der Waals surface area contributed by atoms with Crippen LogP contribution in [0.25, 0.3) is 0 Å². The molecule has 1 aliphatic carbocycles. The molecule has 0 radical (unpaired) electrons. The first-order chi connectivity index (χ1) is 17.6. The maximum atomic E-state index is 13.6. The Balaban J connectivity index is 0.000000886. The molecule has 9 nitrogen and oxygen atoms in total. The molecule has 0 bridgehead atoms. The number of carbonyl (C=O) groups is 1. The van der Waals surface area contributed by atoms with Crippen molar-refractivity contribution in [2.24, 2.45) is 5.73 Å². The van der Waals surface area contributed by atoms with Gasteiger partial charge in [0.1, 0.15) is 17.1 Å². The summed E-state index contributed by atoms with van der Waals surface area (Å²) in [4.78, 5) is 21.9. The lowest BCUT2D eigenvalue weighted by molar-refractivity contribution is -0.137. The van der Waals surface area contributed by atoms with E-state index in [1.165, 1.54) is 6.92 Å². The molecule has 0 atom stereocenters. The number of rotatable bonds is 6. The number of aromatic nitrogens is 2. The lowest BCUT2D eigenvalue weighted by atomic mass is 9.95. The van der Waals surface area contributed by atoms with Crippen LogP contribution in [0.1, 0.15) is 44.6 Å². The smallest absolute Gasteiger partial charge is 0.421 e. The van der Waals surface area contributed by atoms with Crippen LogP contribution in [-0.4, -0.2) is 67.2 Å². The lowest BCUT2D eigenvalue weighted by Gasteiger charge is -2.34. The van der Waals surface area contributed by atoms with Gasteiger partial charge in [0.05, 0.1) is 12.8 Å². The molecule has 0 unspecified atom stereocenters. The van der Waals surface area contributed by atoms with Gasteiger partial charge >= 0.3 is 6.18 Å². The minimum atomic E-state index is -4.53. The molecule has 1 saturated carbocycles. The van der Waals surface area contributed by atoms with E-state index in [1.54, 1.807) is 7.11 Å². The second-order valence-electron chi connectivity index (χ2n) is 9.34. The molecule has 1 amide bonds. The SMILES string of the molecule is CC(N)=O.COc1cc(N2CCN(C)CC2)ccc1Nc1ncc(C(F)(F)F)c(NC2CCCCC2)n1. The van der Waals surface area contributed by atoms with Gasteiger partial charge in [-0.25, -0.2) is 4.98 Å². The molecule has 2 aromatic rings. The number of nitrogens with zero attached hydrogens (tertiary/aromatic N) is 4. The van der Waals surface area contributed by atoms with E-state index in [9.17, 15) is 18.0 Å². The minimum Gasteiger partial charge on any atom is -0.494 e. The predicted octanol–water partition coefficient (Wildman–Crippen LogP) is 4.24. The summed E-state index contributed by atoms with van der Waals surface area (Å²) in [5, 5.41) is 6.05. The summed E-state index contributed by atoms with van der Waals surface area (Å²) >= 11 is 0. The molecule has 1 aromatic heterocycles. The molecule has 4 rings (SSSR count).